The molecule has 1 saturated carbocycles. The third-order valence-corrected chi connectivity index (χ3v) is 6.14. The van der Waals surface area contributed by atoms with Crippen LogP contribution in [0.1, 0.15) is 44.1 Å². The Balaban J connectivity index is 1.22. The Hall–Kier alpha value is -1.79. The van der Waals surface area contributed by atoms with E-state index in [-0.39, 0.29) is 6.03 Å². The maximum absolute atomic E-state index is 12.6. The van der Waals surface area contributed by atoms with Gasteiger partial charge in [0.2, 0.25) is 0 Å². The minimum Gasteiger partial charge on any atom is -0.490 e. The lowest BCUT2D eigenvalue weighted by Crippen LogP contribution is -2.52. The van der Waals surface area contributed by atoms with E-state index < -0.39 is 0 Å². The van der Waals surface area contributed by atoms with Crippen molar-refractivity contribution in [3.05, 3.63) is 29.8 Å². The van der Waals surface area contributed by atoms with Crippen LogP contribution in [-0.4, -0.2) is 67.4 Å². The van der Waals surface area contributed by atoms with E-state index in [9.17, 15) is 4.79 Å². The summed E-state index contributed by atoms with van der Waals surface area (Å²) in [7, 11) is 0. The minimum absolute atomic E-state index is 0.0208. The van der Waals surface area contributed by atoms with Crippen molar-refractivity contribution < 1.29 is 14.3 Å². The van der Waals surface area contributed by atoms with Gasteiger partial charge in [0.25, 0.3) is 0 Å². The molecule has 4 rings (SSSR count). The second-order valence-corrected chi connectivity index (χ2v) is 8.21. The van der Waals surface area contributed by atoms with Crippen LogP contribution in [0.2, 0.25) is 0 Å². The predicted octanol–water partition coefficient (Wildman–Crippen LogP) is 3.01. The maximum atomic E-state index is 12.6. The molecule has 0 bridgehead atoms. The molecule has 1 atom stereocenters. The summed E-state index contributed by atoms with van der Waals surface area (Å²) in [4.78, 5) is 17.0. The summed E-state index contributed by atoms with van der Waals surface area (Å²) >= 11 is 0. The fourth-order valence-electron chi connectivity index (χ4n) is 4.44. The third-order valence-electron chi connectivity index (χ3n) is 6.14. The molecule has 2 amide bonds. The minimum atomic E-state index is 0.0208. The van der Waals surface area contributed by atoms with Gasteiger partial charge in [-0.3, -0.25) is 4.90 Å². The summed E-state index contributed by atoms with van der Waals surface area (Å²) in [6.07, 6.45) is 7.84. The van der Waals surface area contributed by atoms with Crippen LogP contribution >= 0.6 is 0 Å². The largest absolute Gasteiger partial charge is 0.490 e. The molecule has 6 heteroatoms. The second kappa shape index (κ2) is 9.61. The average Bonchev–Trinajstić information content (AvgIpc) is 3.42. The molecule has 2 heterocycles. The van der Waals surface area contributed by atoms with Crippen molar-refractivity contribution in [1.82, 2.24) is 15.1 Å². The van der Waals surface area contributed by atoms with Gasteiger partial charge in [0.05, 0.1) is 12.2 Å². The van der Waals surface area contributed by atoms with E-state index in [0.717, 1.165) is 63.5 Å². The molecule has 0 aromatic heterocycles. The number of para-hydroxylation sites is 1. The number of hydrogen-bond acceptors (Lipinski definition) is 4. The van der Waals surface area contributed by atoms with Gasteiger partial charge >= 0.3 is 6.03 Å². The summed E-state index contributed by atoms with van der Waals surface area (Å²) in [5.41, 5.74) is 1.06. The van der Waals surface area contributed by atoms with E-state index in [0.29, 0.717) is 18.8 Å². The number of nitrogens with zero attached hydrogens (tertiary/aromatic N) is 2. The average molecular weight is 388 g/mol. The molecule has 154 valence electrons. The van der Waals surface area contributed by atoms with E-state index in [1.807, 2.05) is 29.2 Å². The number of hydrogen-bond donors (Lipinski definition) is 1. The lowest BCUT2D eigenvalue weighted by Gasteiger charge is -2.35. The molecule has 1 aromatic rings. The SMILES string of the molecule is O=C(NCc1ccccc1OC1CCCC1)N1CCN(CC2CCCO2)CC1. The summed E-state index contributed by atoms with van der Waals surface area (Å²) in [5, 5.41) is 3.09. The Morgan fingerprint density at radius 3 is 2.61 bits per heavy atom. The molecule has 2 aliphatic heterocycles. The summed E-state index contributed by atoms with van der Waals surface area (Å²) < 4.78 is 11.9. The number of ether oxygens (including phenoxy) is 2. The molecule has 0 radical (unpaired) electrons. The van der Waals surface area contributed by atoms with Crippen molar-refractivity contribution in [3.8, 4) is 5.75 Å². The predicted molar refractivity (Wildman–Crippen MR) is 109 cm³/mol. The molecule has 3 aliphatic rings. The van der Waals surface area contributed by atoms with Gasteiger partial charge in [0.15, 0.2) is 0 Å². The lowest BCUT2D eigenvalue weighted by atomic mass is 10.2. The Labute approximate surface area is 168 Å². The summed E-state index contributed by atoms with van der Waals surface area (Å²) in [6.45, 7) is 5.82. The first-order chi connectivity index (χ1) is 13.8. The highest BCUT2D eigenvalue weighted by Crippen LogP contribution is 2.26. The number of benzene rings is 1. The zero-order valence-corrected chi connectivity index (χ0v) is 16.8. The molecule has 1 aliphatic carbocycles. The van der Waals surface area contributed by atoms with Gasteiger partial charge in [-0.1, -0.05) is 18.2 Å². The highest BCUT2D eigenvalue weighted by molar-refractivity contribution is 5.74. The fourth-order valence-corrected chi connectivity index (χ4v) is 4.44. The van der Waals surface area contributed by atoms with Crippen LogP contribution in [0.25, 0.3) is 0 Å². The highest BCUT2D eigenvalue weighted by atomic mass is 16.5. The van der Waals surface area contributed by atoms with Gasteiger partial charge in [-0.2, -0.15) is 0 Å². The molecule has 6 nitrogen and oxygen atoms in total. The fraction of sp³-hybridized carbons (Fsp3) is 0.682. The smallest absolute Gasteiger partial charge is 0.317 e. The van der Waals surface area contributed by atoms with Crippen molar-refractivity contribution in [1.29, 1.82) is 0 Å². The molecular weight excluding hydrogens is 354 g/mol. The van der Waals surface area contributed by atoms with E-state index >= 15 is 0 Å². The summed E-state index contributed by atoms with van der Waals surface area (Å²) in [5.74, 6) is 0.913. The van der Waals surface area contributed by atoms with Gasteiger partial charge < -0.3 is 19.7 Å². The molecule has 1 aromatic carbocycles. The van der Waals surface area contributed by atoms with E-state index in [1.165, 1.54) is 25.7 Å². The van der Waals surface area contributed by atoms with E-state index in [2.05, 4.69) is 10.2 Å². The van der Waals surface area contributed by atoms with Crippen LogP contribution in [0, 0.1) is 0 Å². The maximum Gasteiger partial charge on any atom is 0.317 e. The molecule has 1 unspecified atom stereocenters. The van der Waals surface area contributed by atoms with E-state index in [1.54, 1.807) is 0 Å². The number of urea groups is 1. The first-order valence-corrected chi connectivity index (χ1v) is 10.9. The first-order valence-electron chi connectivity index (χ1n) is 10.9. The van der Waals surface area contributed by atoms with E-state index in [4.69, 9.17) is 9.47 Å². The number of piperazine rings is 1. The summed E-state index contributed by atoms with van der Waals surface area (Å²) in [6, 6.07) is 8.09. The van der Waals surface area contributed by atoms with Crippen molar-refractivity contribution in [3.63, 3.8) is 0 Å². The van der Waals surface area contributed by atoms with Crippen LogP contribution in [0.5, 0.6) is 5.75 Å². The number of amides is 2. The number of rotatable bonds is 6. The number of nitrogens with one attached hydrogen (secondary N) is 1. The Morgan fingerprint density at radius 1 is 1.07 bits per heavy atom. The van der Waals surface area contributed by atoms with Crippen LogP contribution in [-0.2, 0) is 11.3 Å². The molecule has 28 heavy (non-hydrogen) atoms. The third kappa shape index (κ3) is 5.17. The zero-order valence-electron chi connectivity index (χ0n) is 16.8. The molecule has 2 saturated heterocycles. The van der Waals surface area contributed by atoms with Gasteiger partial charge in [0, 0.05) is 51.4 Å². The quantitative estimate of drug-likeness (QED) is 0.815. The van der Waals surface area contributed by atoms with Crippen molar-refractivity contribution in [2.75, 3.05) is 39.3 Å². The van der Waals surface area contributed by atoms with Gasteiger partial charge in [-0.15, -0.1) is 0 Å². The molecule has 0 spiro atoms. The Bertz CT molecular complexity index is 634. The first kappa shape index (κ1) is 19.5. The topological polar surface area (TPSA) is 54.0 Å². The highest BCUT2D eigenvalue weighted by Gasteiger charge is 2.25. The van der Waals surface area contributed by atoms with Gasteiger partial charge in [-0.25, -0.2) is 4.79 Å². The monoisotopic (exact) mass is 387 g/mol. The molecule has 1 N–H and O–H groups in total. The number of carbonyl (C=O) groups is 1. The standard InChI is InChI=1S/C22H33N3O3/c26-22(25-13-11-24(12-14-25)17-20-9-5-15-27-20)23-16-18-6-1-4-10-21(18)28-19-7-2-3-8-19/h1,4,6,10,19-20H,2-3,5,7-9,11-17H2,(H,23,26). The van der Waals surface area contributed by atoms with Crippen LogP contribution in [0.3, 0.4) is 0 Å². The van der Waals surface area contributed by atoms with Crippen molar-refractivity contribution in [2.45, 2.75) is 57.3 Å². The van der Waals surface area contributed by atoms with Crippen molar-refractivity contribution >= 4 is 6.03 Å². The zero-order chi connectivity index (χ0) is 19.2. The van der Waals surface area contributed by atoms with Gasteiger partial charge in [-0.05, 0) is 44.6 Å². The Morgan fingerprint density at radius 2 is 1.86 bits per heavy atom. The van der Waals surface area contributed by atoms with Crippen LogP contribution in [0.4, 0.5) is 4.79 Å². The normalized spacial score (nSPS) is 23.9. The van der Waals surface area contributed by atoms with Crippen LogP contribution in [0.15, 0.2) is 24.3 Å². The molecular formula is C22H33N3O3. The van der Waals surface area contributed by atoms with Gasteiger partial charge in [0.1, 0.15) is 5.75 Å². The molecule has 3 fully saturated rings. The second-order valence-electron chi connectivity index (χ2n) is 8.21. The number of carbonyl (C=O) groups excluding carboxylic acids is 1. The lowest BCUT2D eigenvalue weighted by molar-refractivity contribution is 0.0561. The van der Waals surface area contributed by atoms with Crippen molar-refractivity contribution in [2.24, 2.45) is 0 Å². The Kier molecular flexibility index (Phi) is 6.70. The van der Waals surface area contributed by atoms with Crippen LogP contribution < -0.4 is 10.1 Å².